The molecule has 1 aromatic heterocycles. The van der Waals surface area contributed by atoms with Gasteiger partial charge in [-0.25, -0.2) is 9.37 Å². The Hall–Kier alpha value is -1.69. The van der Waals surface area contributed by atoms with Crippen molar-refractivity contribution < 1.29 is 13.9 Å². The summed E-state index contributed by atoms with van der Waals surface area (Å²) in [6.07, 6.45) is 2.75. The number of halogens is 1. The van der Waals surface area contributed by atoms with Crippen LogP contribution in [0.25, 0.3) is 0 Å². The quantitative estimate of drug-likeness (QED) is 0.743. The highest BCUT2D eigenvalue weighted by Gasteiger charge is 2.17. The summed E-state index contributed by atoms with van der Waals surface area (Å²) in [7, 11) is 3.30. The highest BCUT2D eigenvalue weighted by atomic mass is 19.1. The fraction of sp³-hybridized carbons (Fsp3) is 0.571. The number of carbonyl (C=O) groups excluding carboxylic acids is 1. The van der Waals surface area contributed by atoms with E-state index in [0.29, 0.717) is 25.5 Å². The smallest absolute Gasteiger partial charge is 0.257 e. The zero-order valence-corrected chi connectivity index (χ0v) is 12.3. The van der Waals surface area contributed by atoms with Crippen LogP contribution in [-0.4, -0.2) is 49.6 Å². The predicted molar refractivity (Wildman–Crippen MR) is 76.4 cm³/mol. The van der Waals surface area contributed by atoms with Crippen LogP contribution >= 0.6 is 0 Å². The number of nitrogens with one attached hydrogen (secondary N) is 1. The van der Waals surface area contributed by atoms with Gasteiger partial charge in [-0.05, 0) is 18.9 Å². The third-order valence-corrected chi connectivity index (χ3v) is 2.82. The van der Waals surface area contributed by atoms with Crippen molar-refractivity contribution in [1.29, 1.82) is 0 Å². The van der Waals surface area contributed by atoms with E-state index in [-0.39, 0.29) is 11.5 Å². The number of amides is 1. The summed E-state index contributed by atoms with van der Waals surface area (Å²) in [5.74, 6) is -0.329. The lowest BCUT2D eigenvalue weighted by Gasteiger charge is -2.18. The molecule has 0 aliphatic carbocycles. The highest BCUT2D eigenvalue weighted by Crippen LogP contribution is 2.16. The van der Waals surface area contributed by atoms with Crippen LogP contribution in [-0.2, 0) is 4.74 Å². The first-order valence-corrected chi connectivity index (χ1v) is 6.74. The molecule has 1 N–H and O–H groups in total. The molecule has 20 heavy (non-hydrogen) atoms. The molecule has 6 heteroatoms. The van der Waals surface area contributed by atoms with E-state index in [1.807, 2.05) is 6.92 Å². The second-order valence-electron chi connectivity index (χ2n) is 4.55. The van der Waals surface area contributed by atoms with Crippen molar-refractivity contribution in [2.75, 3.05) is 39.2 Å². The van der Waals surface area contributed by atoms with Crippen LogP contribution in [0, 0.1) is 5.82 Å². The molecule has 1 aromatic rings. The number of hydrogen-bond donors (Lipinski definition) is 1. The van der Waals surface area contributed by atoms with Gasteiger partial charge in [-0.1, -0.05) is 6.92 Å². The van der Waals surface area contributed by atoms with Crippen molar-refractivity contribution in [3.63, 3.8) is 0 Å². The number of carbonyl (C=O) groups is 1. The summed E-state index contributed by atoms with van der Waals surface area (Å²) in [6.45, 7) is 3.83. The lowest BCUT2D eigenvalue weighted by molar-refractivity contribution is 0.0779. The van der Waals surface area contributed by atoms with Gasteiger partial charge < -0.3 is 15.0 Å². The van der Waals surface area contributed by atoms with Crippen molar-refractivity contribution in [2.45, 2.75) is 19.8 Å². The number of pyridine rings is 1. The van der Waals surface area contributed by atoms with Crippen molar-refractivity contribution in [1.82, 2.24) is 9.88 Å². The molecule has 1 amide bonds. The van der Waals surface area contributed by atoms with Gasteiger partial charge in [-0.15, -0.1) is 0 Å². The molecule has 0 radical (unpaired) electrons. The Morgan fingerprint density at radius 2 is 2.30 bits per heavy atom. The SMILES string of the molecule is CCCNc1ncc(F)cc1C(=O)N(C)CCCOC. The first-order chi connectivity index (χ1) is 9.60. The summed E-state index contributed by atoms with van der Waals surface area (Å²) >= 11 is 0. The third-order valence-electron chi connectivity index (χ3n) is 2.82. The summed E-state index contributed by atoms with van der Waals surface area (Å²) in [4.78, 5) is 17.8. The van der Waals surface area contributed by atoms with E-state index in [1.54, 1.807) is 19.1 Å². The molecule has 0 atom stereocenters. The molecule has 0 bridgehead atoms. The first kappa shape index (κ1) is 16.4. The molecule has 0 aromatic carbocycles. The van der Waals surface area contributed by atoms with Crippen LogP contribution in [0.5, 0.6) is 0 Å². The van der Waals surface area contributed by atoms with E-state index in [1.165, 1.54) is 6.07 Å². The normalized spacial score (nSPS) is 10.4. The second kappa shape index (κ2) is 8.47. The largest absolute Gasteiger partial charge is 0.385 e. The van der Waals surface area contributed by atoms with Gasteiger partial charge >= 0.3 is 0 Å². The average molecular weight is 283 g/mol. The van der Waals surface area contributed by atoms with Gasteiger partial charge in [0.1, 0.15) is 11.6 Å². The Balaban J connectivity index is 2.81. The molecule has 112 valence electrons. The van der Waals surface area contributed by atoms with E-state index in [0.717, 1.165) is 19.0 Å². The molecule has 0 spiro atoms. The predicted octanol–water partition coefficient (Wildman–Crippen LogP) is 2.15. The van der Waals surface area contributed by atoms with Crippen molar-refractivity contribution in [3.8, 4) is 0 Å². The highest BCUT2D eigenvalue weighted by molar-refractivity contribution is 5.98. The lowest BCUT2D eigenvalue weighted by Crippen LogP contribution is -2.29. The standard InChI is InChI=1S/C14H22FN3O2/c1-4-6-16-13-12(9-11(15)10-17-13)14(19)18(2)7-5-8-20-3/h9-10H,4-8H2,1-3H3,(H,16,17). The maximum absolute atomic E-state index is 13.3. The molecular formula is C14H22FN3O2. The molecule has 0 unspecified atom stereocenters. The number of aromatic nitrogens is 1. The molecule has 0 aliphatic heterocycles. The van der Waals surface area contributed by atoms with Crippen LogP contribution in [0.3, 0.4) is 0 Å². The maximum atomic E-state index is 13.3. The average Bonchev–Trinajstić information content (AvgIpc) is 2.45. The molecule has 0 fully saturated rings. The monoisotopic (exact) mass is 283 g/mol. The van der Waals surface area contributed by atoms with Gasteiger partial charge in [0.2, 0.25) is 0 Å². The van der Waals surface area contributed by atoms with Crippen molar-refractivity contribution in [3.05, 3.63) is 23.6 Å². The fourth-order valence-electron chi connectivity index (χ4n) is 1.74. The summed E-state index contributed by atoms with van der Waals surface area (Å²) in [6, 6.07) is 1.22. The van der Waals surface area contributed by atoms with E-state index in [9.17, 15) is 9.18 Å². The van der Waals surface area contributed by atoms with Gasteiger partial charge in [-0.2, -0.15) is 0 Å². The lowest BCUT2D eigenvalue weighted by atomic mass is 10.2. The number of anilines is 1. The molecule has 0 saturated heterocycles. The molecule has 1 heterocycles. The number of hydrogen-bond acceptors (Lipinski definition) is 4. The van der Waals surface area contributed by atoms with Gasteiger partial charge in [0.15, 0.2) is 0 Å². The van der Waals surface area contributed by atoms with Crippen LogP contribution in [0.4, 0.5) is 10.2 Å². The van der Waals surface area contributed by atoms with E-state index < -0.39 is 5.82 Å². The topological polar surface area (TPSA) is 54.5 Å². The van der Waals surface area contributed by atoms with Crippen molar-refractivity contribution >= 4 is 11.7 Å². The van der Waals surface area contributed by atoms with Gasteiger partial charge in [0.25, 0.3) is 5.91 Å². The maximum Gasteiger partial charge on any atom is 0.257 e. The Morgan fingerprint density at radius 3 is 2.95 bits per heavy atom. The Labute approximate surface area is 119 Å². The number of nitrogens with zero attached hydrogens (tertiary/aromatic N) is 2. The first-order valence-electron chi connectivity index (χ1n) is 6.74. The minimum absolute atomic E-state index is 0.244. The molecule has 0 saturated carbocycles. The van der Waals surface area contributed by atoms with Crippen LogP contribution in [0.2, 0.25) is 0 Å². The molecular weight excluding hydrogens is 261 g/mol. The van der Waals surface area contributed by atoms with Gasteiger partial charge in [0, 0.05) is 33.9 Å². The Bertz CT molecular complexity index is 440. The second-order valence-corrected chi connectivity index (χ2v) is 4.55. The van der Waals surface area contributed by atoms with E-state index in [2.05, 4.69) is 10.3 Å². The van der Waals surface area contributed by atoms with E-state index in [4.69, 9.17) is 4.74 Å². The zero-order valence-electron chi connectivity index (χ0n) is 12.3. The molecule has 0 aliphatic rings. The summed E-state index contributed by atoms with van der Waals surface area (Å²) < 4.78 is 18.3. The number of rotatable bonds is 8. The van der Waals surface area contributed by atoms with E-state index >= 15 is 0 Å². The van der Waals surface area contributed by atoms with Gasteiger partial charge in [0.05, 0.1) is 11.8 Å². The fourth-order valence-corrected chi connectivity index (χ4v) is 1.74. The number of methoxy groups -OCH3 is 1. The zero-order chi connectivity index (χ0) is 15.0. The number of ether oxygens (including phenoxy) is 1. The Kier molecular flexibility index (Phi) is 6.93. The summed E-state index contributed by atoms with van der Waals surface area (Å²) in [5, 5.41) is 3.04. The molecule has 5 nitrogen and oxygen atoms in total. The molecule has 1 rings (SSSR count). The minimum atomic E-state index is -0.513. The third kappa shape index (κ3) is 4.77. The van der Waals surface area contributed by atoms with Crippen LogP contribution < -0.4 is 5.32 Å². The van der Waals surface area contributed by atoms with Crippen LogP contribution in [0.15, 0.2) is 12.3 Å². The van der Waals surface area contributed by atoms with Gasteiger partial charge in [-0.3, -0.25) is 4.79 Å². The van der Waals surface area contributed by atoms with Crippen LogP contribution in [0.1, 0.15) is 30.1 Å². The Morgan fingerprint density at radius 1 is 1.55 bits per heavy atom. The minimum Gasteiger partial charge on any atom is -0.385 e. The van der Waals surface area contributed by atoms with Crippen molar-refractivity contribution in [2.24, 2.45) is 0 Å². The summed E-state index contributed by atoms with van der Waals surface area (Å²) in [5.41, 5.74) is 0.262.